The van der Waals surface area contributed by atoms with Crippen molar-refractivity contribution in [2.75, 3.05) is 7.11 Å². The van der Waals surface area contributed by atoms with Gasteiger partial charge in [-0.25, -0.2) is 0 Å². The van der Waals surface area contributed by atoms with Gasteiger partial charge >= 0.3 is 5.97 Å². The maximum Gasteiger partial charge on any atom is 0.322 e. The smallest absolute Gasteiger partial charge is 0.322 e. The van der Waals surface area contributed by atoms with Crippen LogP contribution in [0.3, 0.4) is 0 Å². The molecule has 0 heterocycles. The van der Waals surface area contributed by atoms with Gasteiger partial charge in [-0.3, -0.25) is 14.9 Å². The first-order valence-corrected chi connectivity index (χ1v) is 5.03. The number of rotatable bonds is 4. The summed E-state index contributed by atoms with van der Waals surface area (Å²) >= 11 is 0. The zero-order valence-corrected chi connectivity index (χ0v) is 10.9. The molecule has 0 spiro atoms. The van der Waals surface area contributed by atoms with E-state index < -0.39 is 16.9 Å². The van der Waals surface area contributed by atoms with Gasteiger partial charge in [0.05, 0.1) is 12.0 Å². The lowest BCUT2D eigenvalue weighted by Crippen LogP contribution is -2.33. The number of hydrogen-bond acceptors (Lipinski definition) is 5. The minimum absolute atomic E-state index is 0. The number of nitrogens with two attached hydrogens (primary N) is 1. The molecule has 1 rings (SSSR count). The molecule has 0 fully saturated rings. The van der Waals surface area contributed by atoms with Crippen LogP contribution >= 0.6 is 12.4 Å². The monoisotopic (exact) mass is 274 g/mol. The van der Waals surface area contributed by atoms with E-state index >= 15 is 0 Å². The molecule has 1 atom stereocenters. The van der Waals surface area contributed by atoms with Crippen LogP contribution in [0.1, 0.15) is 11.1 Å². The molecule has 0 aromatic heterocycles. The number of halogens is 1. The number of non-ortho nitro benzene ring substituents is 1. The van der Waals surface area contributed by atoms with Crippen LogP contribution < -0.4 is 5.73 Å². The van der Waals surface area contributed by atoms with Crippen LogP contribution in [-0.4, -0.2) is 24.0 Å². The molecule has 0 aliphatic rings. The molecular weight excluding hydrogens is 260 g/mol. The van der Waals surface area contributed by atoms with Crippen LogP contribution in [0, 0.1) is 17.0 Å². The summed E-state index contributed by atoms with van der Waals surface area (Å²) < 4.78 is 4.51. The van der Waals surface area contributed by atoms with Crippen molar-refractivity contribution < 1.29 is 14.5 Å². The first kappa shape index (κ1) is 16.3. The summed E-state index contributed by atoms with van der Waals surface area (Å²) in [7, 11) is 1.27. The molecule has 7 heteroatoms. The van der Waals surface area contributed by atoms with Crippen LogP contribution in [0.15, 0.2) is 18.2 Å². The standard InChI is InChI=1S/C11H14N2O4.ClH/c1-7-5-9(13(15)16)4-3-8(7)6-10(12)11(14)17-2;/h3-5,10H,6,12H2,1-2H3;1H. The van der Waals surface area contributed by atoms with Crippen molar-refractivity contribution in [1.29, 1.82) is 0 Å². The molecule has 2 N–H and O–H groups in total. The zero-order chi connectivity index (χ0) is 13.0. The molecule has 6 nitrogen and oxygen atoms in total. The highest BCUT2D eigenvalue weighted by atomic mass is 35.5. The normalized spacial score (nSPS) is 11.3. The number of aryl methyl sites for hydroxylation is 1. The Hall–Kier alpha value is -1.66. The van der Waals surface area contributed by atoms with Gasteiger partial charge in [0.2, 0.25) is 0 Å². The fraction of sp³-hybridized carbons (Fsp3) is 0.364. The highest BCUT2D eigenvalue weighted by molar-refractivity contribution is 5.85. The van der Waals surface area contributed by atoms with Crippen LogP contribution in [-0.2, 0) is 16.0 Å². The van der Waals surface area contributed by atoms with Crippen LogP contribution in [0.2, 0.25) is 0 Å². The highest BCUT2D eigenvalue weighted by Crippen LogP contribution is 2.18. The summed E-state index contributed by atoms with van der Waals surface area (Å²) in [6.07, 6.45) is 0.302. The van der Waals surface area contributed by atoms with E-state index in [1.54, 1.807) is 13.0 Å². The fourth-order valence-corrected chi connectivity index (χ4v) is 1.49. The van der Waals surface area contributed by atoms with Crippen molar-refractivity contribution in [3.63, 3.8) is 0 Å². The van der Waals surface area contributed by atoms with Crippen molar-refractivity contribution in [1.82, 2.24) is 0 Å². The van der Waals surface area contributed by atoms with Gasteiger partial charge in [-0.05, 0) is 24.5 Å². The third-order valence-corrected chi connectivity index (χ3v) is 2.48. The number of nitro benzene ring substituents is 1. The Morgan fingerprint density at radius 1 is 1.56 bits per heavy atom. The first-order valence-electron chi connectivity index (χ1n) is 5.03. The van der Waals surface area contributed by atoms with Crippen molar-refractivity contribution in [3.8, 4) is 0 Å². The van der Waals surface area contributed by atoms with Gasteiger partial charge in [-0.15, -0.1) is 12.4 Å². The van der Waals surface area contributed by atoms with E-state index in [1.807, 2.05) is 0 Å². The lowest BCUT2D eigenvalue weighted by Gasteiger charge is -2.11. The molecule has 0 amide bonds. The third kappa shape index (κ3) is 3.97. The Labute approximate surface area is 111 Å². The van der Waals surface area contributed by atoms with Crippen LogP contribution in [0.5, 0.6) is 0 Å². The minimum Gasteiger partial charge on any atom is -0.468 e. The summed E-state index contributed by atoms with van der Waals surface area (Å²) in [4.78, 5) is 21.2. The van der Waals surface area contributed by atoms with Gasteiger partial charge in [0, 0.05) is 12.1 Å². The lowest BCUT2D eigenvalue weighted by atomic mass is 10.0. The predicted octanol–water partition coefficient (Wildman–Crippen LogP) is 1.37. The van der Waals surface area contributed by atoms with E-state index in [9.17, 15) is 14.9 Å². The topological polar surface area (TPSA) is 95.5 Å². The van der Waals surface area contributed by atoms with Gasteiger partial charge in [0.1, 0.15) is 6.04 Å². The maximum absolute atomic E-state index is 11.1. The molecule has 0 bridgehead atoms. The van der Waals surface area contributed by atoms with E-state index in [-0.39, 0.29) is 18.1 Å². The average Bonchev–Trinajstić information content (AvgIpc) is 2.30. The second kappa shape index (κ2) is 6.93. The van der Waals surface area contributed by atoms with Crippen LogP contribution in [0.25, 0.3) is 0 Å². The Kier molecular flexibility index (Phi) is 6.29. The summed E-state index contributed by atoms with van der Waals surface area (Å²) in [6.45, 7) is 1.74. The van der Waals surface area contributed by atoms with E-state index in [0.29, 0.717) is 6.42 Å². The van der Waals surface area contributed by atoms with Gasteiger partial charge in [0.25, 0.3) is 5.69 Å². The fourth-order valence-electron chi connectivity index (χ4n) is 1.49. The second-order valence-corrected chi connectivity index (χ2v) is 3.70. The molecule has 1 unspecified atom stereocenters. The van der Waals surface area contributed by atoms with Crippen molar-refractivity contribution >= 4 is 24.1 Å². The largest absolute Gasteiger partial charge is 0.468 e. The number of esters is 1. The minimum atomic E-state index is -0.750. The van der Waals surface area contributed by atoms with Crippen molar-refractivity contribution in [3.05, 3.63) is 39.4 Å². The number of methoxy groups -OCH3 is 1. The lowest BCUT2D eigenvalue weighted by molar-refractivity contribution is -0.384. The number of carbonyl (C=O) groups excluding carboxylic acids is 1. The first-order chi connectivity index (χ1) is 7.95. The van der Waals surface area contributed by atoms with Gasteiger partial charge < -0.3 is 10.5 Å². The molecule has 0 aliphatic heterocycles. The maximum atomic E-state index is 11.1. The Balaban J connectivity index is 0.00000289. The van der Waals surface area contributed by atoms with Crippen molar-refractivity contribution in [2.24, 2.45) is 5.73 Å². The molecule has 0 aliphatic carbocycles. The van der Waals surface area contributed by atoms with Crippen molar-refractivity contribution in [2.45, 2.75) is 19.4 Å². The Morgan fingerprint density at radius 3 is 2.61 bits per heavy atom. The van der Waals surface area contributed by atoms with E-state index in [1.165, 1.54) is 19.2 Å². The van der Waals surface area contributed by atoms with Crippen LogP contribution in [0.4, 0.5) is 5.69 Å². The average molecular weight is 275 g/mol. The number of carbonyl (C=O) groups is 1. The number of nitrogens with zero attached hydrogens (tertiary/aromatic N) is 1. The van der Waals surface area contributed by atoms with E-state index in [4.69, 9.17) is 5.73 Å². The summed E-state index contributed by atoms with van der Waals surface area (Å²) in [5.41, 5.74) is 7.18. The number of hydrogen-bond donors (Lipinski definition) is 1. The molecule has 0 radical (unpaired) electrons. The molecule has 0 saturated carbocycles. The molecule has 0 saturated heterocycles. The molecule has 1 aromatic carbocycles. The van der Waals surface area contributed by atoms with Gasteiger partial charge in [-0.2, -0.15) is 0 Å². The summed E-state index contributed by atoms with van der Waals surface area (Å²) in [5.74, 6) is -0.497. The van der Waals surface area contributed by atoms with E-state index in [0.717, 1.165) is 11.1 Å². The molecular formula is C11H15ClN2O4. The van der Waals surface area contributed by atoms with Gasteiger partial charge in [-0.1, -0.05) is 6.07 Å². The second-order valence-electron chi connectivity index (χ2n) is 3.70. The van der Waals surface area contributed by atoms with Gasteiger partial charge in [0.15, 0.2) is 0 Å². The highest BCUT2D eigenvalue weighted by Gasteiger charge is 2.16. The Bertz CT molecular complexity index is 451. The molecule has 1 aromatic rings. The molecule has 100 valence electrons. The zero-order valence-electron chi connectivity index (χ0n) is 10.1. The Morgan fingerprint density at radius 2 is 2.17 bits per heavy atom. The molecule has 18 heavy (non-hydrogen) atoms. The summed E-state index contributed by atoms with van der Waals surface area (Å²) in [6, 6.07) is 3.71. The third-order valence-electron chi connectivity index (χ3n) is 2.48. The predicted molar refractivity (Wildman–Crippen MR) is 68.8 cm³/mol. The number of benzene rings is 1. The SMILES string of the molecule is COC(=O)C(N)Cc1ccc([N+](=O)[O-])cc1C.Cl. The summed E-state index contributed by atoms with van der Waals surface area (Å²) in [5, 5.41) is 10.5. The number of ether oxygens (including phenoxy) is 1. The van der Waals surface area contributed by atoms with E-state index in [2.05, 4.69) is 4.74 Å². The quantitative estimate of drug-likeness (QED) is 0.508. The number of nitro groups is 1.